The van der Waals surface area contributed by atoms with Gasteiger partial charge < -0.3 is 4.74 Å². The Hall–Kier alpha value is -1.31. The third kappa shape index (κ3) is 1.54. The summed E-state index contributed by atoms with van der Waals surface area (Å²) < 4.78 is 5.33. The Balaban J connectivity index is 2.63. The molecule has 1 aliphatic carbocycles. The van der Waals surface area contributed by atoms with Gasteiger partial charge >= 0.3 is 0 Å². The Morgan fingerprint density at radius 2 is 2.20 bits per heavy atom. The highest BCUT2D eigenvalue weighted by atomic mass is 16.5. The van der Waals surface area contributed by atoms with Crippen molar-refractivity contribution in [2.75, 3.05) is 7.11 Å². The van der Waals surface area contributed by atoms with E-state index < -0.39 is 0 Å². The fourth-order valence-corrected chi connectivity index (χ4v) is 2.47. The van der Waals surface area contributed by atoms with E-state index in [1.54, 1.807) is 14.0 Å². The Bertz CT molecular complexity index is 407. The Morgan fingerprint density at radius 3 is 2.80 bits per heavy atom. The topological polar surface area (TPSA) is 26.3 Å². The van der Waals surface area contributed by atoms with E-state index in [1.165, 1.54) is 11.1 Å². The van der Waals surface area contributed by atoms with Crippen LogP contribution in [0.25, 0.3) is 0 Å². The Labute approximate surface area is 90.3 Å². The fraction of sp³-hybridized carbons (Fsp3) is 0.462. The molecular weight excluding hydrogens is 188 g/mol. The molecule has 0 spiro atoms. The van der Waals surface area contributed by atoms with E-state index in [2.05, 4.69) is 6.92 Å². The second kappa shape index (κ2) is 3.69. The molecule has 0 fully saturated rings. The number of rotatable bonds is 2. The van der Waals surface area contributed by atoms with Gasteiger partial charge in [-0.25, -0.2) is 0 Å². The van der Waals surface area contributed by atoms with E-state index in [0.717, 1.165) is 24.2 Å². The number of benzene rings is 1. The predicted molar refractivity (Wildman–Crippen MR) is 59.7 cm³/mol. The number of hydrogen-bond acceptors (Lipinski definition) is 2. The predicted octanol–water partition coefficient (Wildman–Crippen LogP) is 2.95. The molecule has 0 aliphatic heterocycles. The number of hydrogen-bond donors (Lipinski definition) is 0. The number of fused-ring (bicyclic) bond motifs is 1. The number of Topliss-reactive ketones (excluding diaryl/α,β-unsaturated/α-hetero) is 1. The summed E-state index contributed by atoms with van der Waals surface area (Å²) in [5.74, 6) is 1.57. The van der Waals surface area contributed by atoms with Crippen LogP contribution in [0.1, 0.15) is 47.7 Å². The number of ether oxygens (including phenoxy) is 1. The zero-order valence-electron chi connectivity index (χ0n) is 9.46. The first-order valence-electron chi connectivity index (χ1n) is 5.36. The van der Waals surface area contributed by atoms with Crippen molar-refractivity contribution in [2.24, 2.45) is 0 Å². The molecule has 0 heterocycles. The van der Waals surface area contributed by atoms with Crippen molar-refractivity contribution in [3.8, 4) is 5.75 Å². The molecule has 2 heteroatoms. The lowest BCUT2D eigenvalue weighted by Crippen LogP contribution is -2.02. The third-order valence-corrected chi connectivity index (χ3v) is 3.23. The van der Waals surface area contributed by atoms with Crippen LogP contribution in [0.3, 0.4) is 0 Å². The van der Waals surface area contributed by atoms with Crippen molar-refractivity contribution in [1.29, 1.82) is 0 Å². The summed E-state index contributed by atoms with van der Waals surface area (Å²) in [6.07, 6.45) is 2.15. The van der Waals surface area contributed by atoms with Crippen molar-refractivity contribution in [3.05, 3.63) is 28.8 Å². The molecule has 1 aromatic rings. The molecule has 0 saturated carbocycles. The van der Waals surface area contributed by atoms with Gasteiger partial charge in [0.1, 0.15) is 5.75 Å². The lowest BCUT2D eigenvalue weighted by molar-refractivity contribution is 0.101. The van der Waals surface area contributed by atoms with Crippen LogP contribution >= 0.6 is 0 Å². The summed E-state index contributed by atoms with van der Waals surface area (Å²) in [4.78, 5) is 11.5. The summed E-state index contributed by atoms with van der Waals surface area (Å²) in [6, 6.07) is 3.80. The molecule has 1 unspecified atom stereocenters. The van der Waals surface area contributed by atoms with Gasteiger partial charge in [-0.1, -0.05) is 6.92 Å². The van der Waals surface area contributed by atoms with Crippen molar-refractivity contribution in [3.63, 3.8) is 0 Å². The normalized spacial score (nSPS) is 18.7. The largest absolute Gasteiger partial charge is 0.496 e. The third-order valence-electron chi connectivity index (χ3n) is 3.23. The highest BCUT2D eigenvalue weighted by Gasteiger charge is 2.26. The molecule has 2 rings (SSSR count). The minimum Gasteiger partial charge on any atom is -0.496 e. The van der Waals surface area contributed by atoms with Crippen molar-refractivity contribution < 1.29 is 9.53 Å². The summed E-state index contributed by atoms with van der Waals surface area (Å²) in [6.45, 7) is 3.81. The molecule has 0 bridgehead atoms. The molecule has 0 aromatic heterocycles. The molecule has 0 amide bonds. The summed E-state index contributed by atoms with van der Waals surface area (Å²) in [7, 11) is 1.69. The zero-order chi connectivity index (χ0) is 11.0. The van der Waals surface area contributed by atoms with Gasteiger partial charge in [0.2, 0.25) is 0 Å². The lowest BCUT2D eigenvalue weighted by atomic mass is 9.94. The quantitative estimate of drug-likeness (QED) is 0.692. The second-order valence-electron chi connectivity index (χ2n) is 4.20. The maximum absolute atomic E-state index is 11.5. The first-order valence-corrected chi connectivity index (χ1v) is 5.36. The van der Waals surface area contributed by atoms with E-state index in [9.17, 15) is 4.79 Å². The van der Waals surface area contributed by atoms with Gasteiger partial charge in [-0.15, -0.1) is 0 Å². The van der Waals surface area contributed by atoms with Crippen LogP contribution in [0.2, 0.25) is 0 Å². The molecule has 1 aromatic carbocycles. The summed E-state index contributed by atoms with van der Waals surface area (Å²) >= 11 is 0. The van der Waals surface area contributed by atoms with Gasteiger partial charge in [-0.2, -0.15) is 0 Å². The average molecular weight is 204 g/mol. The zero-order valence-corrected chi connectivity index (χ0v) is 9.46. The van der Waals surface area contributed by atoms with E-state index in [0.29, 0.717) is 5.92 Å². The Morgan fingerprint density at radius 1 is 1.47 bits per heavy atom. The molecule has 1 atom stereocenters. The smallest absolute Gasteiger partial charge is 0.160 e. The van der Waals surface area contributed by atoms with Crippen LogP contribution < -0.4 is 4.74 Å². The van der Waals surface area contributed by atoms with Gasteiger partial charge in [0.15, 0.2) is 5.78 Å². The highest BCUT2D eigenvalue weighted by molar-refractivity contribution is 5.96. The van der Waals surface area contributed by atoms with E-state index in [-0.39, 0.29) is 5.78 Å². The first-order chi connectivity index (χ1) is 7.15. The maximum Gasteiger partial charge on any atom is 0.160 e. The summed E-state index contributed by atoms with van der Waals surface area (Å²) in [5, 5.41) is 0. The molecule has 0 N–H and O–H groups in total. The number of carbonyl (C=O) groups excluding carboxylic acids is 1. The van der Waals surface area contributed by atoms with Gasteiger partial charge in [0.25, 0.3) is 0 Å². The van der Waals surface area contributed by atoms with Crippen LogP contribution in [-0.2, 0) is 6.42 Å². The van der Waals surface area contributed by atoms with Crippen molar-refractivity contribution >= 4 is 5.78 Å². The molecule has 1 aliphatic rings. The first kappa shape index (κ1) is 10.2. The number of methoxy groups -OCH3 is 1. The van der Waals surface area contributed by atoms with E-state index >= 15 is 0 Å². The highest BCUT2D eigenvalue weighted by Crippen LogP contribution is 2.40. The minimum absolute atomic E-state index is 0.155. The van der Waals surface area contributed by atoms with Gasteiger partial charge in [0, 0.05) is 5.56 Å². The van der Waals surface area contributed by atoms with Crippen LogP contribution in [0.4, 0.5) is 0 Å². The molecular formula is C13H16O2. The Kier molecular flexibility index (Phi) is 2.51. The van der Waals surface area contributed by atoms with Gasteiger partial charge in [0.05, 0.1) is 7.11 Å². The molecule has 0 saturated heterocycles. The SMILES string of the molecule is COc1ccc(C(C)=O)c2c1CCC2C. The molecule has 80 valence electrons. The molecule has 0 radical (unpaired) electrons. The van der Waals surface area contributed by atoms with Crippen LogP contribution in [-0.4, -0.2) is 12.9 Å². The lowest BCUT2D eigenvalue weighted by Gasteiger charge is -2.12. The van der Waals surface area contributed by atoms with Crippen LogP contribution in [0.15, 0.2) is 12.1 Å². The van der Waals surface area contributed by atoms with Crippen LogP contribution in [0, 0.1) is 0 Å². The fourth-order valence-electron chi connectivity index (χ4n) is 2.47. The minimum atomic E-state index is 0.155. The summed E-state index contributed by atoms with van der Waals surface area (Å²) in [5.41, 5.74) is 3.32. The van der Waals surface area contributed by atoms with Gasteiger partial charge in [-0.3, -0.25) is 4.79 Å². The van der Waals surface area contributed by atoms with Crippen molar-refractivity contribution in [1.82, 2.24) is 0 Å². The van der Waals surface area contributed by atoms with Gasteiger partial charge in [-0.05, 0) is 48.9 Å². The van der Waals surface area contributed by atoms with E-state index in [1.807, 2.05) is 12.1 Å². The maximum atomic E-state index is 11.5. The van der Waals surface area contributed by atoms with E-state index in [4.69, 9.17) is 4.74 Å². The number of carbonyl (C=O) groups is 1. The molecule has 15 heavy (non-hydrogen) atoms. The average Bonchev–Trinajstić information content (AvgIpc) is 2.60. The van der Waals surface area contributed by atoms with Crippen LogP contribution in [0.5, 0.6) is 5.75 Å². The number of ketones is 1. The monoisotopic (exact) mass is 204 g/mol. The molecule has 2 nitrogen and oxygen atoms in total. The van der Waals surface area contributed by atoms with Crippen molar-refractivity contribution in [2.45, 2.75) is 32.6 Å². The second-order valence-corrected chi connectivity index (χ2v) is 4.20. The standard InChI is InChI=1S/C13H16O2/c1-8-4-5-11-12(15-3)7-6-10(9(2)14)13(8)11/h6-8H,4-5H2,1-3H3.